The highest BCUT2D eigenvalue weighted by atomic mass is 32.2. The largest absolute Gasteiger partial charge is 0.381 e. The van der Waals surface area contributed by atoms with Gasteiger partial charge in [0.15, 0.2) is 0 Å². The molecule has 89 heavy (non-hydrogen) atoms. The van der Waals surface area contributed by atoms with E-state index in [1.807, 2.05) is 77.9 Å². The monoisotopic (exact) mass is 1260 g/mol. The maximum Gasteiger partial charge on any atom is 0.322 e. The molecule has 19 nitrogen and oxygen atoms in total. The number of anilines is 6. The van der Waals surface area contributed by atoms with Crippen LogP contribution in [-0.4, -0.2) is 194 Å². The average Bonchev–Trinajstić information content (AvgIpc) is 1.69. The third-order valence-corrected chi connectivity index (χ3v) is 22.1. The van der Waals surface area contributed by atoms with Crippen LogP contribution in [0.15, 0.2) is 97.1 Å². The SMILES string of the molecule is CC(C)(C)CC1SC(CC(=O)N2CCC(N3CCc4ccccc4NC3=O)CC2)C(=O)N1c1ccc(N2CCOCC2)cc1.O=C(CC1SC(C2CCOCC2)N(c2ccc(N3CCOCC3)cc2)C1=O)N1CCC(N2CCc3ccccc3NC2=O)CC1.[HH].[HH]. The van der Waals surface area contributed by atoms with Crippen LogP contribution in [0.4, 0.5) is 43.7 Å². The Morgan fingerprint density at radius 1 is 0.494 bits per heavy atom. The van der Waals surface area contributed by atoms with Gasteiger partial charge >= 0.3 is 12.1 Å². The summed E-state index contributed by atoms with van der Waals surface area (Å²) < 4.78 is 16.6. The standard InChI is InChI=1S/C34H43N5O5S.C34H45N5O4S.2H2/c40-31(37-14-10-27(11-15-37)38-16-9-24-3-1-2-4-29(24)35-34(38)42)23-30-32(41)39(33(45-30)25-12-19-43-20-13-25)28-7-5-26(6-8-28)36-17-21-44-22-18-36;1-34(2,3)23-31-39(27-10-8-25(9-11-27)36-18-20-43-21-19-36)32(41)29(44-31)22-30(40)37-15-13-26(14-16-37)38-17-12-24-6-4-5-7-28(24)35-33(38)42;;/h1-8,25,27,30,33H,9-23H2,(H,35,42);4-11,26,29,31H,12-23H2,1-3H3,(H,35,42);2*1H. The molecule has 4 aromatic rings. The molecular formula is C68H92N10O9S2. The van der Waals surface area contributed by atoms with Crippen molar-refractivity contribution in [3.63, 3.8) is 0 Å². The number of morpholine rings is 2. The number of para-hydroxylation sites is 2. The molecule has 2 N–H and O–H groups in total. The van der Waals surface area contributed by atoms with Crippen LogP contribution < -0.4 is 30.2 Å². The molecule has 8 amide bonds. The van der Waals surface area contributed by atoms with E-state index in [-0.39, 0.29) is 79.6 Å². The van der Waals surface area contributed by atoms with Crippen molar-refractivity contribution in [1.29, 1.82) is 0 Å². The Hall–Kier alpha value is -6.52. The highest BCUT2D eigenvalue weighted by molar-refractivity contribution is 8.02. The van der Waals surface area contributed by atoms with E-state index in [1.54, 1.807) is 23.5 Å². The summed E-state index contributed by atoms with van der Waals surface area (Å²) in [4.78, 5) is 97.3. The summed E-state index contributed by atoms with van der Waals surface area (Å²) in [6, 6.07) is 32.6. The fourth-order valence-corrected chi connectivity index (χ4v) is 17.6. The van der Waals surface area contributed by atoms with Crippen LogP contribution in [-0.2, 0) is 46.2 Å². The second-order valence-electron chi connectivity index (χ2n) is 26.2. The number of nitrogens with one attached hydrogen (secondary N) is 2. The summed E-state index contributed by atoms with van der Waals surface area (Å²) in [5, 5.41) is 5.30. The van der Waals surface area contributed by atoms with Crippen molar-refractivity contribution in [3.05, 3.63) is 108 Å². The number of hydrogen-bond donors (Lipinski definition) is 2. The summed E-state index contributed by atoms with van der Waals surface area (Å²) >= 11 is 3.29. The number of rotatable bonds is 12. The van der Waals surface area contributed by atoms with Crippen molar-refractivity contribution in [2.75, 3.05) is 135 Å². The van der Waals surface area contributed by atoms with E-state index in [0.717, 1.165) is 156 Å². The van der Waals surface area contributed by atoms with Crippen molar-refractivity contribution in [2.45, 2.75) is 125 Å². The van der Waals surface area contributed by atoms with E-state index in [2.05, 4.69) is 89.7 Å². The maximum atomic E-state index is 14.0. The number of benzene rings is 4. The fraction of sp³-hybridized carbons (Fsp3) is 0.559. The van der Waals surface area contributed by atoms with Crippen LogP contribution in [0, 0.1) is 11.3 Å². The van der Waals surface area contributed by atoms with Gasteiger partial charge < -0.3 is 54.2 Å². The van der Waals surface area contributed by atoms with Gasteiger partial charge in [-0.05, 0) is 141 Å². The number of piperidine rings is 2. The molecule has 7 saturated heterocycles. The lowest BCUT2D eigenvalue weighted by Gasteiger charge is -2.38. The van der Waals surface area contributed by atoms with E-state index in [9.17, 15) is 28.8 Å². The number of nitrogens with zero attached hydrogens (tertiary/aromatic N) is 8. The minimum absolute atomic E-state index is 0. The number of thioether (sulfide) groups is 2. The number of carbonyl (C=O) groups excluding carboxylic acids is 6. The van der Waals surface area contributed by atoms with E-state index >= 15 is 0 Å². The Balaban J connectivity index is 0.000000196. The minimum Gasteiger partial charge on any atom is -0.381 e. The topological polar surface area (TPSA) is 180 Å². The number of urea groups is 2. The Bertz CT molecular complexity index is 3150. The smallest absolute Gasteiger partial charge is 0.322 e. The lowest BCUT2D eigenvalue weighted by atomic mass is 9.92. The summed E-state index contributed by atoms with van der Waals surface area (Å²) in [7, 11) is 0. The first-order valence-corrected chi connectivity index (χ1v) is 34.4. The van der Waals surface area contributed by atoms with E-state index in [0.29, 0.717) is 58.4 Å². The van der Waals surface area contributed by atoms with E-state index in [4.69, 9.17) is 14.2 Å². The number of fused-ring (bicyclic) bond motifs is 2. The Morgan fingerprint density at radius 2 is 0.899 bits per heavy atom. The summed E-state index contributed by atoms with van der Waals surface area (Å²) in [5.41, 5.74) is 8.18. The highest BCUT2D eigenvalue weighted by Gasteiger charge is 2.47. The van der Waals surface area contributed by atoms with Gasteiger partial charge in [0.25, 0.3) is 0 Å². The van der Waals surface area contributed by atoms with Crippen LogP contribution in [0.2, 0.25) is 0 Å². The third-order valence-electron chi connectivity index (χ3n) is 19.2. The first-order chi connectivity index (χ1) is 43.2. The molecule has 0 aromatic heterocycles. The molecule has 480 valence electrons. The number of amides is 8. The molecule has 7 fully saturated rings. The predicted molar refractivity (Wildman–Crippen MR) is 356 cm³/mol. The molecule has 4 unspecified atom stereocenters. The summed E-state index contributed by atoms with van der Waals surface area (Å²) in [6.07, 6.45) is 7.69. The molecule has 4 aromatic carbocycles. The molecular weight excluding hydrogens is 1160 g/mol. The van der Waals surface area contributed by atoms with Crippen molar-refractivity contribution in [3.8, 4) is 0 Å². The van der Waals surface area contributed by atoms with Crippen LogP contribution in [0.25, 0.3) is 0 Å². The zero-order valence-corrected chi connectivity index (χ0v) is 53.6. The van der Waals surface area contributed by atoms with Crippen molar-refractivity contribution < 1.29 is 45.8 Å². The molecule has 0 bridgehead atoms. The zero-order chi connectivity index (χ0) is 61.6. The van der Waals surface area contributed by atoms with Crippen LogP contribution in [0.5, 0.6) is 0 Å². The molecule has 0 radical (unpaired) electrons. The normalized spacial score (nSPS) is 24.3. The lowest BCUT2D eigenvalue weighted by Crippen LogP contribution is -2.50. The second kappa shape index (κ2) is 28.3. The molecule has 0 aliphatic carbocycles. The molecule has 9 aliphatic heterocycles. The first kappa shape index (κ1) is 62.7. The summed E-state index contributed by atoms with van der Waals surface area (Å²) in [5.74, 6) is 0.434. The Labute approximate surface area is 535 Å². The van der Waals surface area contributed by atoms with Gasteiger partial charge in [0.1, 0.15) is 0 Å². The number of carbonyl (C=O) groups is 6. The van der Waals surface area contributed by atoms with Gasteiger partial charge in [0.05, 0.1) is 47.7 Å². The number of ether oxygens (including phenoxy) is 3. The van der Waals surface area contributed by atoms with E-state index in [1.165, 1.54) is 0 Å². The molecule has 9 aliphatic rings. The number of hydrogen-bond acceptors (Lipinski definition) is 13. The van der Waals surface area contributed by atoms with Crippen molar-refractivity contribution in [2.24, 2.45) is 11.3 Å². The minimum atomic E-state index is -0.406. The van der Waals surface area contributed by atoms with Gasteiger partial charge in [0.2, 0.25) is 23.6 Å². The van der Waals surface area contributed by atoms with Gasteiger partial charge in [-0.3, -0.25) is 29.0 Å². The maximum absolute atomic E-state index is 14.0. The van der Waals surface area contributed by atoms with Gasteiger partial charge in [0, 0.05) is 141 Å². The molecule has 0 saturated carbocycles. The van der Waals surface area contributed by atoms with Gasteiger partial charge in [-0.2, -0.15) is 0 Å². The van der Waals surface area contributed by atoms with Crippen molar-refractivity contribution >= 4 is 93.3 Å². The molecule has 21 heteroatoms. The molecule has 4 atom stereocenters. The van der Waals surface area contributed by atoms with Crippen LogP contribution in [0.3, 0.4) is 0 Å². The van der Waals surface area contributed by atoms with Crippen molar-refractivity contribution in [1.82, 2.24) is 19.6 Å². The Kier molecular flexibility index (Phi) is 19.9. The molecule has 9 heterocycles. The van der Waals surface area contributed by atoms with E-state index < -0.39 is 10.5 Å². The highest BCUT2D eigenvalue weighted by Crippen LogP contribution is 2.46. The fourth-order valence-electron chi connectivity index (χ4n) is 14.2. The number of likely N-dealkylation sites (tertiary alicyclic amines) is 2. The lowest BCUT2D eigenvalue weighted by molar-refractivity contribution is -0.134. The van der Waals surface area contributed by atoms with Gasteiger partial charge in [-0.15, -0.1) is 23.5 Å². The van der Waals surface area contributed by atoms with Crippen LogP contribution in [0.1, 0.15) is 92.5 Å². The predicted octanol–water partition coefficient (Wildman–Crippen LogP) is 9.89. The van der Waals surface area contributed by atoms with Gasteiger partial charge in [-0.25, -0.2) is 9.59 Å². The molecule has 0 spiro atoms. The third kappa shape index (κ3) is 14.8. The first-order valence-electron chi connectivity index (χ1n) is 32.5. The summed E-state index contributed by atoms with van der Waals surface area (Å²) in [6.45, 7) is 18.1. The average molecular weight is 1260 g/mol. The second-order valence-corrected chi connectivity index (χ2v) is 28.9. The van der Waals surface area contributed by atoms with Crippen LogP contribution >= 0.6 is 23.5 Å². The van der Waals surface area contributed by atoms with Gasteiger partial charge in [-0.1, -0.05) is 57.2 Å². The zero-order valence-electron chi connectivity index (χ0n) is 51.9. The molecule has 13 rings (SSSR count). The Morgan fingerprint density at radius 3 is 1.36 bits per heavy atom. The quantitative estimate of drug-likeness (QED) is 0.137.